The molecule has 2 rings (SSSR count). The lowest BCUT2D eigenvalue weighted by atomic mass is 9.90. The summed E-state index contributed by atoms with van der Waals surface area (Å²) in [7, 11) is 0. The van der Waals surface area contributed by atoms with E-state index in [2.05, 4.69) is 16.8 Å². The molecule has 1 aliphatic carbocycles. The van der Waals surface area contributed by atoms with Crippen molar-refractivity contribution in [1.82, 2.24) is 0 Å². The van der Waals surface area contributed by atoms with E-state index in [4.69, 9.17) is 5.73 Å². The van der Waals surface area contributed by atoms with Crippen molar-refractivity contribution in [2.45, 2.75) is 51.0 Å². The second-order valence-corrected chi connectivity index (χ2v) is 5.51. The number of thiophene rings is 1. The molecule has 1 saturated carbocycles. The quantitative estimate of drug-likeness (QED) is 0.779. The third-order valence-corrected chi connectivity index (χ3v) is 4.33. The Bertz CT molecular complexity index is 268. The van der Waals surface area contributed by atoms with Gasteiger partial charge in [-0.2, -0.15) is 11.3 Å². The van der Waals surface area contributed by atoms with E-state index in [0.717, 1.165) is 5.92 Å². The normalized spacial score (nSPS) is 27.5. The number of hydrogen-bond donors (Lipinski definition) is 1. The Morgan fingerprint density at radius 2 is 2.13 bits per heavy atom. The lowest BCUT2D eigenvalue weighted by Crippen LogP contribution is -2.29. The van der Waals surface area contributed by atoms with Gasteiger partial charge in [0.15, 0.2) is 0 Å². The minimum absolute atomic E-state index is 0.464. The predicted molar refractivity (Wildman–Crippen MR) is 67.2 cm³/mol. The Morgan fingerprint density at radius 1 is 1.27 bits per heavy atom. The zero-order chi connectivity index (χ0) is 10.5. The number of hydrogen-bond acceptors (Lipinski definition) is 2. The Hall–Kier alpha value is -0.340. The molecule has 84 valence electrons. The van der Waals surface area contributed by atoms with Gasteiger partial charge in [0.1, 0.15) is 0 Å². The maximum atomic E-state index is 6.22. The first-order valence-corrected chi connectivity index (χ1v) is 7.07. The van der Waals surface area contributed by atoms with Crippen LogP contribution in [0, 0.1) is 5.92 Å². The summed E-state index contributed by atoms with van der Waals surface area (Å²) in [4.78, 5) is 0. The van der Waals surface area contributed by atoms with Gasteiger partial charge in [0.2, 0.25) is 0 Å². The van der Waals surface area contributed by atoms with Crippen LogP contribution in [0.15, 0.2) is 16.8 Å². The first-order valence-electron chi connectivity index (χ1n) is 6.13. The van der Waals surface area contributed by atoms with Crippen LogP contribution in [0.5, 0.6) is 0 Å². The van der Waals surface area contributed by atoms with Crippen molar-refractivity contribution in [2.75, 3.05) is 0 Å². The van der Waals surface area contributed by atoms with Crippen LogP contribution in [0.25, 0.3) is 0 Å². The fraction of sp³-hybridized carbons (Fsp3) is 0.692. The van der Waals surface area contributed by atoms with Crippen LogP contribution < -0.4 is 5.73 Å². The van der Waals surface area contributed by atoms with Gasteiger partial charge >= 0.3 is 0 Å². The molecule has 1 heterocycles. The van der Waals surface area contributed by atoms with Gasteiger partial charge in [-0.25, -0.2) is 0 Å². The molecule has 1 nitrogen and oxygen atoms in total. The van der Waals surface area contributed by atoms with Crippen molar-refractivity contribution in [3.05, 3.63) is 22.4 Å². The van der Waals surface area contributed by atoms with Crippen LogP contribution in [0.1, 0.15) is 44.1 Å². The SMILES string of the molecule is NC1CCCCCC1CCc1ccsc1. The van der Waals surface area contributed by atoms with Crippen molar-refractivity contribution in [3.63, 3.8) is 0 Å². The molecule has 0 saturated heterocycles. The van der Waals surface area contributed by atoms with E-state index in [0.29, 0.717) is 6.04 Å². The van der Waals surface area contributed by atoms with Gasteiger partial charge in [-0.05, 0) is 54.0 Å². The first kappa shape index (κ1) is 11.2. The summed E-state index contributed by atoms with van der Waals surface area (Å²) >= 11 is 1.80. The number of rotatable bonds is 3. The third-order valence-electron chi connectivity index (χ3n) is 3.60. The Kier molecular flexibility index (Phi) is 4.21. The molecule has 2 unspecified atom stereocenters. The lowest BCUT2D eigenvalue weighted by Gasteiger charge is -2.20. The highest BCUT2D eigenvalue weighted by Crippen LogP contribution is 2.26. The van der Waals surface area contributed by atoms with E-state index in [1.165, 1.54) is 50.5 Å². The summed E-state index contributed by atoms with van der Waals surface area (Å²) in [5.74, 6) is 0.771. The van der Waals surface area contributed by atoms with E-state index >= 15 is 0 Å². The summed E-state index contributed by atoms with van der Waals surface area (Å²) in [5.41, 5.74) is 7.72. The molecule has 1 aromatic heterocycles. The zero-order valence-corrected chi connectivity index (χ0v) is 10.1. The summed E-state index contributed by atoms with van der Waals surface area (Å²) in [5, 5.41) is 4.44. The predicted octanol–water partition coefficient (Wildman–Crippen LogP) is 3.59. The first-order chi connectivity index (χ1) is 7.36. The number of nitrogens with two attached hydrogens (primary N) is 1. The fourth-order valence-corrected chi connectivity index (χ4v) is 3.26. The average Bonchev–Trinajstić information content (AvgIpc) is 2.67. The smallest absolute Gasteiger partial charge is 0.00672 e. The van der Waals surface area contributed by atoms with Gasteiger partial charge in [0.05, 0.1) is 0 Å². The van der Waals surface area contributed by atoms with E-state index < -0.39 is 0 Å². The number of aryl methyl sites for hydroxylation is 1. The van der Waals surface area contributed by atoms with E-state index in [1.807, 2.05) is 0 Å². The van der Waals surface area contributed by atoms with Gasteiger partial charge in [-0.3, -0.25) is 0 Å². The Balaban J connectivity index is 1.81. The van der Waals surface area contributed by atoms with Gasteiger partial charge in [0.25, 0.3) is 0 Å². The molecule has 2 N–H and O–H groups in total. The lowest BCUT2D eigenvalue weighted by molar-refractivity contribution is 0.373. The minimum atomic E-state index is 0.464. The molecule has 0 amide bonds. The third kappa shape index (κ3) is 3.32. The summed E-state index contributed by atoms with van der Waals surface area (Å²) in [6.45, 7) is 0. The van der Waals surface area contributed by atoms with Crippen molar-refractivity contribution >= 4 is 11.3 Å². The van der Waals surface area contributed by atoms with Gasteiger partial charge in [-0.1, -0.05) is 19.3 Å². The molecule has 0 aliphatic heterocycles. The largest absolute Gasteiger partial charge is 0.327 e. The second-order valence-electron chi connectivity index (χ2n) is 4.73. The van der Waals surface area contributed by atoms with Crippen LogP contribution >= 0.6 is 11.3 Å². The minimum Gasteiger partial charge on any atom is -0.327 e. The highest BCUT2D eigenvalue weighted by molar-refractivity contribution is 7.07. The van der Waals surface area contributed by atoms with Crippen molar-refractivity contribution in [2.24, 2.45) is 11.7 Å². The van der Waals surface area contributed by atoms with Crippen LogP contribution in [0.4, 0.5) is 0 Å². The zero-order valence-electron chi connectivity index (χ0n) is 9.32. The average molecular weight is 223 g/mol. The molecule has 0 aromatic carbocycles. The van der Waals surface area contributed by atoms with E-state index in [9.17, 15) is 0 Å². The van der Waals surface area contributed by atoms with E-state index in [-0.39, 0.29) is 0 Å². The molecule has 2 atom stereocenters. The molecule has 0 spiro atoms. The Morgan fingerprint density at radius 3 is 2.93 bits per heavy atom. The summed E-state index contributed by atoms with van der Waals surface area (Å²) < 4.78 is 0. The molecule has 2 heteroatoms. The topological polar surface area (TPSA) is 26.0 Å². The highest BCUT2D eigenvalue weighted by Gasteiger charge is 2.19. The van der Waals surface area contributed by atoms with Crippen molar-refractivity contribution < 1.29 is 0 Å². The molecule has 1 aliphatic rings. The van der Waals surface area contributed by atoms with Crippen LogP contribution in [-0.2, 0) is 6.42 Å². The molecule has 1 fully saturated rings. The molecular weight excluding hydrogens is 202 g/mol. The van der Waals surface area contributed by atoms with Crippen LogP contribution in [0.3, 0.4) is 0 Å². The molecule has 15 heavy (non-hydrogen) atoms. The second kappa shape index (κ2) is 5.66. The van der Waals surface area contributed by atoms with Gasteiger partial charge in [0, 0.05) is 6.04 Å². The standard InChI is InChI=1S/C13H21NS/c14-13-5-3-1-2-4-12(13)7-6-11-8-9-15-10-11/h8-10,12-13H,1-7,14H2. The van der Waals surface area contributed by atoms with Crippen LogP contribution in [-0.4, -0.2) is 6.04 Å². The molecule has 0 radical (unpaired) electrons. The molecule has 1 aromatic rings. The highest BCUT2D eigenvalue weighted by atomic mass is 32.1. The molecular formula is C13H21NS. The van der Waals surface area contributed by atoms with E-state index in [1.54, 1.807) is 11.3 Å². The summed E-state index contributed by atoms with van der Waals surface area (Å²) in [6, 6.07) is 2.71. The summed E-state index contributed by atoms with van der Waals surface area (Å²) in [6.07, 6.45) is 9.24. The maximum absolute atomic E-state index is 6.22. The maximum Gasteiger partial charge on any atom is 0.00672 e. The van der Waals surface area contributed by atoms with Crippen molar-refractivity contribution in [1.29, 1.82) is 0 Å². The molecule has 0 bridgehead atoms. The van der Waals surface area contributed by atoms with Gasteiger partial charge < -0.3 is 5.73 Å². The monoisotopic (exact) mass is 223 g/mol. The van der Waals surface area contributed by atoms with Crippen molar-refractivity contribution in [3.8, 4) is 0 Å². The Labute approximate surface area is 96.7 Å². The van der Waals surface area contributed by atoms with Crippen LogP contribution in [0.2, 0.25) is 0 Å². The van der Waals surface area contributed by atoms with Gasteiger partial charge in [-0.15, -0.1) is 0 Å². The fourth-order valence-electron chi connectivity index (χ4n) is 2.56.